The molecule has 4 nitrogen and oxygen atoms in total. The predicted molar refractivity (Wildman–Crippen MR) is 62.9 cm³/mol. The van der Waals surface area contributed by atoms with Gasteiger partial charge in [-0.3, -0.25) is 10.1 Å². The van der Waals surface area contributed by atoms with Crippen molar-refractivity contribution in [2.24, 2.45) is 0 Å². The van der Waals surface area contributed by atoms with E-state index >= 15 is 0 Å². The van der Waals surface area contributed by atoms with Crippen molar-refractivity contribution >= 4 is 22.4 Å². The zero-order valence-electron chi connectivity index (χ0n) is 9.11. The van der Waals surface area contributed by atoms with Crippen molar-refractivity contribution in [3.63, 3.8) is 0 Å². The van der Waals surface area contributed by atoms with Gasteiger partial charge in [0, 0.05) is 4.88 Å². The maximum absolute atomic E-state index is 11.7. The lowest BCUT2D eigenvalue weighted by molar-refractivity contribution is 0.102. The topological polar surface area (TPSA) is 55.1 Å². The van der Waals surface area contributed by atoms with Crippen LogP contribution in [0.2, 0.25) is 0 Å². The van der Waals surface area contributed by atoms with E-state index in [1.54, 1.807) is 6.07 Å². The molecule has 0 saturated heterocycles. The number of aryl methyl sites for hydroxylation is 2. The second kappa shape index (κ2) is 4.49. The predicted octanol–water partition coefficient (Wildman–Crippen LogP) is 2.86. The van der Waals surface area contributed by atoms with Crippen LogP contribution in [-0.4, -0.2) is 10.9 Å². The van der Waals surface area contributed by atoms with Gasteiger partial charge in [0.1, 0.15) is 6.26 Å². The number of anilines is 1. The van der Waals surface area contributed by atoms with E-state index in [1.165, 1.54) is 23.9 Å². The molecule has 0 spiro atoms. The first-order valence-electron chi connectivity index (χ1n) is 5.00. The lowest BCUT2D eigenvalue weighted by Gasteiger charge is -1.96. The molecule has 5 heteroatoms. The largest absolute Gasteiger partial charge is 0.472 e. The summed E-state index contributed by atoms with van der Waals surface area (Å²) in [5.41, 5.74) is 1.54. The van der Waals surface area contributed by atoms with Crippen LogP contribution in [-0.2, 0) is 6.42 Å². The highest BCUT2D eigenvalue weighted by molar-refractivity contribution is 7.15. The first-order chi connectivity index (χ1) is 7.70. The van der Waals surface area contributed by atoms with Crippen molar-refractivity contribution in [3.05, 3.63) is 34.7 Å². The van der Waals surface area contributed by atoms with Crippen molar-refractivity contribution < 1.29 is 9.21 Å². The normalized spacial score (nSPS) is 10.4. The minimum atomic E-state index is -0.190. The summed E-state index contributed by atoms with van der Waals surface area (Å²) in [4.78, 5) is 17.2. The molecule has 16 heavy (non-hydrogen) atoms. The van der Waals surface area contributed by atoms with Crippen LogP contribution in [0.15, 0.2) is 23.0 Å². The lowest BCUT2D eigenvalue weighted by Crippen LogP contribution is -2.10. The summed E-state index contributed by atoms with van der Waals surface area (Å²) in [6.07, 6.45) is 3.76. The standard InChI is InChI=1S/C11H12N2O2S/c1-3-9-7(2)16-11(12-9)13-10(14)8-4-5-15-6-8/h4-6H,3H2,1-2H3,(H,12,13,14). The van der Waals surface area contributed by atoms with Gasteiger partial charge in [0.05, 0.1) is 17.5 Å². The molecule has 0 fully saturated rings. The van der Waals surface area contributed by atoms with E-state index in [0.29, 0.717) is 10.7 Å². The Morgan fingerprint density at radius 2 is 2.44 bits per heavy atom. The van der Waals surface area contributed by atoms with Gasteiger partial charge in [0.15, 0.2) is 5.13 Å². The molecule has 0 aliphatic rings. The molecule has 0 aliphatic heterocycles. The number of nitrogens with zero attached hydrogens (tertiary/aromatic N) is 1. The number of hydrogen-bond acceptors (Lipinski definition) is 4. The van der Waals surface area contributed by atoms with Gasteiger partial charge in [-0.1, -0.05) is 6.92 Å². The number of hydrogen-bond donors (Lipinski definition) is 1. The molecule has 84 valence electrons. The second-order valence-corrected chi connectivity index (χ2v) is 4.54. The average Bonchev–Trinajstić information content (AvgIpc) is 2.87. The third-order valence-corrected chi connectivity index (χ3v) is 3.16. The molecule has 0 atom stereocenters. The molecular weight excluding hydrogens is 224 g/mol. The van der Waals surface area contributed by atoms with E-state index in [9.17, 15) is 4.79 Å². The van der Waals surface area contributed by atoms with Gasteiger partial charge < -0.3 is 4.42 Å². The van der Waals surface area contributed by atoms with Crippen LogP contribution in [0.25, 0.3) is 0 Å². The van der Waals surface area contributed by atoms with Crippen LogP contribution in [0.5, 0.6) is 0 Å². The van der Waals surface area contributed by atoms with Crippen LogP contribution < -0.4 is 5.32 Å². The van der Waals surface area contributed by atoms with E-state index in [-0.39, 0.29) is 5.91 Å². The molecule has 2 aromatic rings. The fraction of sp³-hybridized carbons (Fsp3) is 0.273. The maximum atomic E-state index is 11.7. The number of nitrogens with one attached hydrogen (secondary N) is 1. The van der Waals surface area contributed by atoms with Crippen molar-refractivity contribution in [1.29, 1.82) is 0 Å². The molecule has 2 rings (SSSR count). The fourth-order valence-electron chi connectivity index (χ4n) is 1.37. The van der Waals surface area contributed by atoms with E-state index in [0.717, 1.165) is 17.0 Å². The van der Waals surface area contributed by atoms with Crippen LogP contribution in [0, 0.1) is 6.92 Å². The van der Waals surface area contributed by atoms with Gasteiger partial charge in [-0.15, -0.1) is 11.3 Å². The average molecular weight is 236 g/mol. The number of amides is 1. The van der Waals surface area contributed by atoms with Crippen LogP contribution in [0.3, 0.4) is 0 Å². The molecule has 0 radical (unpaired) electrons. The molecule has 0 saturated carbocycles. The van der Waals surface area contributed by atoms with Crippen LogP contribution in [0.1, 0.15) is 27.9 Å². The third kappa shape index (κ3) is 2.14. The SMILES string of the molecule is CCc1nc(NC(=O)c2ccoc2)sc1C. The van der Waals surface area contributed by atoms with Gasteiger partial charge in [-0.25, -0.2) is 4.98 Å². The number of rotatable bonds is 3. The highest BCUT2D eigenvalue weighted by Gasteiger charge is 2.11. The monoisotopic (exact) mass is 236 g/mol. The molecule has 1 amide bonds. The van der Waals surface area contributed by atoms with E-state index in [4.69, 9.17) is 4.42 Å². The Bertz CT molecular complexity index is 488. The Labute approximate surface area is 97.3 Å². The van der Waals surface area contributed by atoms with Gasteiger partial charge in [-0.2, -0.15) is 0 Å². The smallest absolute Gasteiger partial charge is 0.260 e. The van der Waals surface area contributed by atoms with E-state index < -0.39 is 0 Å². The maximum Gasteiger partial charge on any atom is 0.260 e. The van der Waals surface area contributed by atoms with Gasteiger partial charge in [0.25, 0.3) is 5.91 Å². The van der Waals surface area contributed by atoms with Crippen molar-refractivity contribution in [3.8, 4) is 0 Å². The molecule has 2 heterocycles. The Kier molecular flexibility index (Phi) is 3.05. The van der Waals surface area contributed by atoms with Gasteiger partial charge in [0.2, 0.25) is 0 Å². The summed E-state index contributed by atoms with van der Waals surface area (Å²) in [5, 5.41) is 3.39. The van der Waals surface area contributed by atoms with Crippen molar-refractivity contribution in [1.82, 2.24) is 4.98 Å². The highest BCUT2D eigenvalue weighted by Crippen LogP contribution is 2.22. The molecule has 0 unspecified atom stereocenters. The van der Waals surface area contributed by atoms with E-state index in [1.807, 2.05) is 13.8 Å². The second-order valence-electron chi connectivity index (χ2n) is 3.34. The highest BCUT2D eigenvalue weighted by atomic mass is 32.1. The zero-order chi connectivity index (χ0) is 11.5. The molecule has 0 aromatic carbocycles. The Morgan fingerprint density at radius 3 is 3.00 bits per heavy atom. The number of thiazole rings is 1. The van der Waals surface area contributed by atoms with Crippen molar-refractivity contribution in [2.45, 2.75) is 20.3 Å². The Morgan fingerprint density at radius 1 is 1.62 bits per heavy atom. The number of aromatic nitrogens is 1. The molecule has 0 aliphatic carbocycles. The van der Waals surface area contributed by atoms with Crippen LogP contribution >= 0.6 is 11.3 Å². The minimum absolute atomic E-state index is 0.190. The van der Waals surface area contributed by atoms with Crippen molar-refractivity contribution in [2.75, 3.05) is 5.32 Å². The molecular formula is C11H12N2O2S. The quantitative estimate of drug-likeness (QED) is 0.891. The fourth-order valence-corrected chi connectivity index (χ4v) is 2.27. The lowest BCUT2D eigenvalue weighted by atomic mass is 10.3. The summed E-state index contributed by atoms with van der Waals surface area (Å²) < 4.78 is 4.85. The summed E-state index contributed by atoms with van der Waals surface area (Å²) in [7, 11) is 0. The molecule has 2 aromatic heterocycles. The first kappa shape index (κ1) is 10.9. The van der Waals surface area contributed by atoms with E-state index in [2.05, 4.69) is 10.3 Å². The Balaban J connectivity index is 2.12. The summed E-state index contributed by atoms with van der Waals surface area (Å²) >= 11 is 1.49. The first-order valence-corrected chi connectivity index (χ1v) is 5.82. The summed E-state index contributed by atoms with van der Waals surface area (Å²) in [6, 6.07) is 1.62. The zero-order valence-corrected chi connectivity index (χ0v) is 9.93. The number of carbonyl (C=O) groups excluding carboxylic acids is 1. The van der Waals surface area contributed by atoms with Gasteiger partial charge in [-0.05, 0) is 19.4 Å². The van der Waals surface area contributed by atoms with Crippen LogP contribution in [0.4, 0.5) is 5.13 Å². The number of carbonyl (C=O) groups is 1. The third-order valence-electron chi connectivity index (χ3n) is 2.23. The number of furan rings is 1. The summed E-state index contributed by atoms with van der Waals surface area (Å²) in [6.45, 7) is 4.05. The Hall–Kier alpha value is -1.62. The minimum Gasteiger partial charge on any atom is -0.472 e. The molecule has 0 bridgehead atoms. The molecule has 1 N–H and O–H groups in total. The van der Waals surface area contributed by atoms with Gasteiger partial charge >= 0.3 is 0 Å². The summed E-state index contributed by atoms with van der Waals surface area (Å²) in [5.74, 6) is -0.190.